The summed E-state index contributed by atoms with van der Waals surface area (Å²) >= 11 is 0. The summed E-state index contributed by atoms with van der Waals surface area (Å²) in [5.74, 6) is 4.09. The van der Waals surface area contributed by atoms with Gasteiger partial charge in [0.25, 0.3) is 5.91 Å². The maximum atomic E-state index is 10.7. The van der Waals surface area contributed by atoms with Crippen molar-refractivity contribution in [2.75, 3.05) is 6.61 Å². The van der Waals surface area contributed by atoms with E-state index >= 15 is 0 Å². The van der Waals surface area contributed by atoms with E-state index in [1.807, 2.05) is 0 Å². The van der Waals surface area contributed by atoms with Gasteiger partial charge in [-0.15, -0.1) is 0 Å². The Morgan fingerprint density at radius 3 is 2.45 bits per heavy atom. The highest BCUT2D eigenvalue weighted by Crippen LogP contribution is 2.18. The molecule has 0 aliphatic carbocycles. The van der Waals surface area contributed by atoms with Crippen molar-refractivity contribution in [3.8, 4) is 0 Å². The van der Waals surface area contributed by atoms with Crippen molar-refractivity contribution >= 4 is 5.91 Å². The molecule has 5 N–H and O–H groups in total. The first kappa shape index (κ1) is 10.3. The minimum Gasteiger partial charge on any atom is -0.396 e. The predicted molar refractivity (Wildman–Crippen MR) is 39.2 cm³/mol. The molecule has 5 heteroatoms. The fourth-order valence-corrected chi connectivity index (χ4v) is 0.520. The Bertz CT molecular complexity index is 147. The van der Waals surface area contributed by atoms with Gasteiger partial charge in [-0.25, -0.2) is 5.84 Å². The van der Waals surface area contributed by atoms with Gasteiger partial charge < -0.3 is 10.2 Å². The Balaban J connectivity index is 4.22. The number of nitrogens with two attached hydrogens (primary N) is 1. The van der Waals surface area contributed by atoms with Crippen molar-refractivity contribution in [3.63, 3.8) is 0 Å². The average molecular weight is 162 g/mol. The van der Waals surface area contributed by atoms with E-state index in [2.05, 4.69) is 0 Å². The van der Waals surface area contributed by atoms with Gasteiger partial charge in [-0.1, -0.05) is 13.8 Å². The van der Waals surface area contributed by atoms with Crippen LogP contribution in [0.5, 0.6) is 0 Å². The highest BCUT2D eigenvalue weighted by Gasteiger charge is 2.32. The molecule has 0 saturated carbocycles. The molecular weight excluding hydrogens is 148 g/mol. The molecule has 0 aliphatic rings. The third-order valence-corrected chi connectivity index (χ3v) is 1.54. The molecule has 11 heavy (non-hydrogen) atoms. The maximum Gasteiger partial charge on any atom is 0.263 e. The predicted octanol–water partition coefficient (Wildman–Crippen LogP) is -1.64. The second kappa shape index (κ2) is 3.66. The molecule has 5 nitrogen and oxygen atoms in total. The number of amides is 1. The number of aliphatic hydroxyl groups excluding tert-OH is 2. The summed E-state index contributed by atoms with van der Waals surface area (Å²) in [7, 11) is 0. The molecule has 0 rings (SSSR count). The zero-order valence-corrected chi connectivity index (χ0v) is 6.66. The van der Waals surface area contributed by atoms with Crippen molar-refractivity contribution in [2.24, 2.45) is 11.3 Å². The lowest BCUT2D eigenvalue weighted by atomic mass is 9.87. The van der Waals surface area contributed by atoms with E-state index in [9.17, 15) is 9.90 Å². The number of carbonyl (C=O) groups excluding carboxylic acids is 1. The number of rotatable bonds is 3. The number of carbonyl (C=O) groups is 1. The third-order valence-electron chi connectivity index (χ3n) is 1.54. The number of hydrazine groups is 1. The van der Waals surface area contributed by atoms with E-state index in [0.29, 0.717) is 0 Å². The van der Waals surface area contributed by atoms with E-state index in [1.54, 1.807) is 19.3 Å². The molecule has 0 aromatic rings. The van der Waals surface area contributed by atoms with Crippen molar-refractivity contribution < 1.29 is 15.0 Å². The molecule has 0 aliphatic heterocycles. The minimum absolute atomic E-state index is 0.276. The molecule has 66 valence electrons. The summed E-state index contributed by atoms with van der Waals surface area (Å²) in [6, 6.07) is 0. The third kappa shape index (κ3) is 2.45. The van der Waals surface area contributed by atoms with Gasteiger partial charge in [0.05, 0.1) is 6.61 Å². The van der Waals surface area contributed by atoms with Crippen LogP contribution in [0.25, 0.3) is 0 Å². The molecular formula is C6H14N2O3. The molecule has 0 aromatic heterocycles. The van der Waals surface area contributed by atoms with Gasteiger partial charge in [0, 0.05) is 5.41 Å². The lowest BCUT2D eigenvalue weighted by molar-refractivity contribution is -0.137. The smallest absolute Gasteiger partial charge is 0.263 e. The quantitative estimate of drug-likeness (QED) is 0.227. The summed E-state index contributed by atoms with van der Waals surface area (Å²) in [4.78, 5) is 10.7. The molecule has 0 aromatic carbocycles. The van der Waals surface area contributed by atoms with Gasteiger partial charge in [0.1, 0.15) is 6.10 Å². The zero-order chi connectivity index (χ0) is 9.07. The molecule has 0 heterocycles. The first-order valence-electron chi connectivity index (χ1n) is 3.25. The Kier molecular flexibility index (Phi) is 3.44. The lowest BCUT2D eigenvalue weighted by Gasteiger charge is -2.26. The van der Waals surface area contributed by atoms with E-state index in [4.69, 9.17) is 10.9 Å². The summed E-state index contributed by atoms with van der Waals surface area (Å²) in [6.45, 7) is 2.85. The molecule has 0 spiro atoms. The topological polar surface area (TPSA) is 95.6 Å². The van der Waals surface area contributed by atoms with Gasteiger partial charge in [0.2, 0.25) is 0 Å². The fourth-order valence-electron chi connectivity index (χ4n) is 0.520. The Labute approximate surface area is 65.2 Å². The van der Waals surface area contributed by atoms with Gasteiger partial charge >= 0.3 is 0 Å². The summed E-state index contributed by atoms with van der Waals surface area (Å²) in [5, 5.41) is 17.9. The molecule has 0 radical (unpaired) electrons. The number of nitrogens with one attached hydrogen (secondary N) is 1. The molecule has 0 saturated heterocycles. The van der Waals surface area contributed by atoms with Crippen molar-refractivity contribution in [3.05, 3.63) is 0 Å². The minimum atomic E-state index is -1.28. The Morgan fingerprint density at radius 2 is 2.18 bits per heavy atom. The normalized spacial score (nSPS) is 14.3. The largest absolute Gasteiger partial charge is 0.396 e. The first-order valence-corrected chi connectivity index (χ1v) is 3.25. The second-order valence-corrected chi connectivity index (χ2v) is 3.06. The number of hydrogen-bond donors (Lipinski definition) is 4. The van der Waals surface area contributed by atoms with E-state index < -0.39 is 17.4 Å². The lowest BCUT2D eigenvalue weighted by Crippen LogP contribution is -2.47. The van der Waals surface area contributed by atoms with Gasteiger partial charge in [-0.3, -0.25) is 10.2 Å². The highest BCUT2D eigenvalue weighted by molar-refractivity contribution is 5.80. The molecule has 1 amide bonds. The van der Waals surface area contributed by atoms with Crippen LogP contribution in [0.15, 0.2) is 0 Å². The van der Waals surface area contributed by atoms with Crippen LogP contribution in [0.1, 0.15) is 13.8 Å². The number of hydrogen-bond acceptors (Lipinski definition) is 4. The summed E-state index contributed by atoms with van der Waals surface area (Å²) in [5.41, 5.74) is 0.947. The van der Waals surface area contributed by atoms with E-state index in [0.717, 1.165) is 0 Å². The standard InChI is InChI=1S/C6H14N2O3/c1-6(2,3-9)4(10)5(11)8-7/h4,9-10H,3,7H2,1-2H3,(H,8,11)/t4-/m1/s1. The van der Waals surface area contributed by atoms with E-state index in [1.165, 1.54) is 0 Å². The monoisotopic (exact) mass is 162 g/mol. The Morgan fingerprint density at radius 1 is 1.73 bits per heavy atom. The molecule has 0 fully saturated rings. The maximum absolute atomic E-state index is 10.7. The van der Waals surface area contributed by atoms with Gasteiger partial charge in [0.15, 0.2) is 0 Å². The van der Waals surface area contributed by atoms with Crippen LogP contribution in [-0.2, 0) is 4.79 Å². The summed E-state index contributed by atoms with van der Waals surface area (Å²) in [6.07, 6.45) is -1.28. The summed E-state index contributed by atoms with van der Waals surface area (Å²) < 4.78 is 0. The van der Waals surface area contributed by atoms with Crippen LogP contribution >= 0.6 is 0 Å². The molecule has 1 atom stereocenters. The fraction of sp³-hybridized carbons (Fsp3) is 0.833. The first-order chi connectivity index (χ1) is 4.95. The average Bonchev–Trinajstić information content (AvgIpc) is 2.01. The molecule has 0 unspecified atom stereocenters. The van der Waals surface area contributed by atoms with Crippen LogP contribution in [0, 0.1) is 5.41 Å². The zero-order valence-electron chi connectivity index (χ0n) is 6.66. The number of aliphatic hydroxyl groups is 2. The van der Waals surface area contributed by atoms with Gasteiger partial charge in [-0.2, -0.15) is 0 Å². The van der Waals surface area contributed by atoms with Crippen molar-refractivity contribution in [1.29, 1.82) is 0 Å². The van der Waals surface area contributed by atoms with Crippen LogP contribution in [0.4, 0.5) is 0 Å². The van der Waals surface area contributed by atoms with Crippen molar-refractivity contribution in [2.45, 2.75) is 20.0 Å². The van der Waals surface area contributed by atoms with Crippen LogP contribution in [-0.4, -0.2) is 28.8 Å². The molecule has 0 bridgehead atoms. The highest BCUT2D eigenvalue weighted by atomic mass is 16.3. The van der Waals surface area contributed by atoms with Crippen LogP contribution < -0.4 is 11.3 Å². The van der Waals surface area contributed by atoms with Crippen molar-refractivity contribution in [1.82, 2.24) is 5.43 Å². The van der Waals surface area contributed by atoms with Gasteiger partial charge in [-0.05, 0) is 0 Å². The Hall–Kier alpha value is -0.650. The SMILES string of the molecule is CC(C)(CO)[C@H](O)C(=O)NN. The van der Waals surface area contributed by atoms with E-state index in [-0.39, 0.29) is 6.61 Å². The second-order valence-electron chi connectivity index (χ2n) is 3.06. The van der Waals surface area contributed by atoms with Crippen LogP contribution in [0.3, 0.4) is 0 Å². The van der Waals surface area contributed by atoms with Crippen LogP contribution in [0.2, 0.25) is 0 Å².